The highest BCUT2D eigenvalue weighted by Gasteiger charge is 1.99. The fraction of sp³-hybridized carbons (Fsp3) is 0.273. The predicted octanol–water partition coefficient (Wildman–Crippen LogP) is 2.08. The van der Waals surface area contributed by atoms with Gasteiger partial charge in [0.25, 0.3) is 0 Å². The number of benzene rings is 1. The number of rotatable bonds is 2. The molecule has 0 fully saturated rings. The van der Waals surface area contributed by atoms with E-state index in [0.29, 0.717) is 17.2 Å². The summed E-state index contributed by atoms with van der Waals surface area (Å²) in [5, 5.41) is 9.19. The van der Waals surface area contributed by atoms with Crippen molar-refractivity contribution in [2.75, 3.05) is 13.7 Å². The number of hydrogen-bond donors (Lipinski definition) is 1. The second-order valence-corrected chi connectivity index (χ2v) is 3.06. The maximum absolute atomic E-state index is 8.57. The molecule has 74 valence electrons. The van der Waals surface area contributed by atoms with Crippen molar-refractivity contribution in [3.05, 3.63) is 28.8 Å². The smallest absolute Gasteiger partial charge is 0.134 e. The maximum atomic E-state index is 8.57. The van der Waals surface area contributed by atoms with Gasteiger partial charge in [0.15, 0.2) is 0 Å². The van der Waals surface area contributed by atoms with E-state index in [0.717, 1.165) is 5.56 Å². The van der Waals surface area contributed by atoms with Crippen molar-refractivity contribution < 1.29 is 9.84 Å². The van der Waals surface area contributed by atoms with Crippen LogP contribution in [0.2, 0.25) is 5.02 Å². The summed E-state index contributed by atoms with van der Waals surface area (Å²) in [6, 6.07) is 5.26. The number of ether oxygens (including phenoxy) is 1. The van der Waals surface area contributed by atoms with E-state index in [1.54, 1.807) is 25.3 Å². The molecule has 14 heavy (non-hydrogen) atoms. The fourth-order valence-corrected chi connectivity index (χ4v) is 1.16. The first-order valence-electron chi connectivity index (χ1n) is 4.21. The van der Waals surface area contributed by atoms with Gasteiger partial charge in [-0.2, -0.15) is 0 Å². The van der Waals surface area contributed by atoms with Gasteiger partial charge in [-0.3, -0.25) is 0 Å². The molecule has 0 aromatic heterocycles. The third-order valence-corrected chi connectivity index (χ3v) is 1.86. The SMILES string of the molecule is COc1ccc(Cl)cc1C#CCCO. The molecule has 0 atom stereocenters. The molecule has 0 aliphatic carbocycles. The van der Waals surface area contributed by atoms with Crippen molar-refractivity contribution >= 4 is 11.6 Å². The van der Waals surface area contributed by atoms with E-state index in [2.05, 4.69) is 11.8 Å². The zero-order chi connectivity index (χ0) is 10.4. The monoisotopic (exact) mass is 210 g/mol. The van der Waals surface area contributed by atoms with E-state index >= 15 is 0 Å². The van der Waals surface area contributed by atoms with Gasteiger partial charge in [-0.25, -0.2) is 0 Å². The Morgan fingerprint density at radius 3 is 2.93 bits per heavy atom. The van der Waals surface area contributed by atoms with E-state index in [1.165, 1.54) is 0 Å². The molecule has 3 heteroatoms. The van der Waals surface area contributed by atoms with Crippen LogP contribution in [0.15, 0.2) is 18.2 Å². The van der Waals surface area contributed by atoms with Gasteiger partial charge in [-0.1, -0.05) is 23.4 Å². The van der Waals surface area contributed by atoms with Gasteiger partial charge in [-0.15, -0.1) is 0 Å². The zero-order valence-electron chi connectivity index (χ0n) is 7.88. The van der Waals surface area contributed by atoms with Crippen LogP contribution in [0.4, 0.5) is 0 Å². The molecule has 0 unspecified atom stereocenters. The Labute approximate surface area is 88.5 Å². The van der Waals surface area contributed by atoms with E-state index < -0.39 is 0 Å². The molecular weight excluding hydrogens is 200 g/mol. The topological polar surface area (TPSA) is 29.5 Å². The molecule has 1 rings (SSSR count). The molecule has 1 N–H and O–H groups in total. The fourth-order valence-electron chi connectivity index (χ4n) is 0.992. The molecule has 0 spiro atoms. The van der Waals surface area contributed by atoms with E-state index in [-0.39, 0.29) is 6.61 Å². The molecule has 1 aromatic carbocycles. The third kappa shape index (κ3) is 2.95. The Morgan fingerprint density at radius 2 is 2.29 bits per heavy atom. The van der Waals surface area contributed by atoms with Crippen molar-refractivity contribution in [3.8, 4) is 17.6 Å². The summed E-state index contributed by atoms with van der Waals surface area (Å²) in [6.07, 6.45) is 0.454. The minimum absolute atomic E-state index is 0.0654. The van der Waals surface area contributed by atoms with Crippen LogP contribution in [-0.4, -0.2) is 18.8 Å². The molecule has 0 bridgehead atoms. The first kappa shape index (κ1) is 10.9. The lowest BCUT2D eigenvalue weighted by Gasteiger charge is -2.02. The van der Waals surface area contributed by atoms with Crippen LogP contribution in [-0.2, 0) is 0 Å². The second kappa shape index (κ2) is 5.54. The molecule has 2 nitrogen and oxygen atoms in total. The summed E-state index contributed by atoms with van der Waals surface area (Å²) in [4.78, 5) is 0. The summed E-state index contributed by atoms with van der Waals surface area (Å²) in [6.45, 7) is 0.0654. The second-order valence-electron chi connectivity index (χ2n) is 2.62. The van der Waals surface area contributed by atoms with Crippen molar-refractivity contribution in [2.24, 2.45) is 0 Å². The Kier molecular flexibility index (Phi) is 4.31. The molecule has 0 saturated carbocycles. The van der Waals surface area contributed by atoms with Crippen LogP contribution in [0.25, 0.3) is 0 Å². The standard InChI is InChI=1S/C11H11ClO2/c1-14-11-6-5-10(12)8-9(11)4-2-3-7-13/h5-6,8,13H,3,7H2,1H3. The lowest BCUT2D eigenvalue weighted by molar-refractivity contribution is 0.305. The summed E-state index contributed by atoms with van der Waals surface area (Å²) in [7, 11) is 1.58. The van der Waals surface area contributed by atoms with E-state index in [4.69, 9.17) is 21.4 Å². The third-order valence-electron chi connectivity index (χ3n) is 1.62. The number of methoxy groups -OCH3 is 1. The molecule has 0 radical (unpaired) electrons. The van der Waals surface area contributed by atoms with Crippen LogP contribution < -0.4 is 4.74 Å². The highest BCUT2D eigenvalue weighted by Crippen LogP contribution is 2.21. The molecule has 0 aliphatic heterocycles. The molecule has 0 amide bonds. The van der Waals surface area contributed by atoms with Crippen LogP contribution in [0.3, 0.4) is 0 Å². The largest absolute Gasteiger partial charge is 0.495 e. The van der Waals surface area contributed by atoms with Gasteiger partial charge in [0.2, 0.25) is 0 Å². The minimum atomic E-state index is 0.0654. The van der Waals surface area contributed by atoms with Gasteiger partial charge in [0.1, 0.15) is 5.75 Å². The Balaban J connectivity index is 2.94. The van der Waals surface area contributed by atoms with Gasteiger partial charge in [-0.05, 0) is 18.2 Å². The van der Waals surface area contributed by atoms with Gasteiger partial charge < -0.3 is 9.84 Å². The normalized spacial score (nSPS) is 9.07. The van der Waals surface area contributed by atoms with Crippen LogP contribution in [0, 0.1) is 11.8 Å². The number of aliphatic hydroxyl groups excluding tert-OH is 1. The van der Waals surface area contributed by atoms with Crippen molar-refractivity contribution in [3.63, 3.8) is 0 Å². The van der Waals surface area contributed by atoms with Crippen molar-refractivity contribution in [2.45, 2.75) is 6.42 Å². The van der Waals surface area contributed by atoms with E-state index in [9.17, 15) is 0 Å². The molecule has 0 heterocycles. The summed E-state index contributed by atoms with van der Waals surface area (Å²) in [5.41, 5.74) is 0.744. The van der Waals surface area contributed by atoms with Gasteiger partial charge >= 0.3 is 0 Å². The maximum Gasteiger partial charge on any atom is 0.134 e. The predicted molar refractivity (Wildman–Crippen MR) is 56.6 cm³/mol. The average molecular weight is 211 g/mol. The number of aliphatic hydroxyl groups is 1. The highest BCUT2D eigenvalue weighted by molar-refractivity contribution is 6.30. The minimum Gasteiger partial charge on any atom is -0.495 e. The Bertz CT molecular complexity index is 363. The van der Waals surface area contributed by atoms with Crippen LogP contribution in [0.1, 0.15) is 12.0 Å². The van der Waals surface area contributed by atoms with Crippen molar-refractivity contribution in [1.29, 1.82) is 0 Å². The Hall–Kier alpha value is -1.17. The zero-order valence-corrected chi connectivity index (χ0v) is 8.64. The number of hydrogen-bond acceptors (Lipinski definition) is 2. The lowest BCUT2D eigenvalue weighted by Crippen LogP contribution is -1.87. The summed E-state index contributed by atoms with van der Waals surface area (Å²) < 4.78 is 5.11. The molecular formula is C11H11ClO2. The molecule has 1 aromatic rings. The molecule has 0 aliphatic rings. The Morgan fingerprint density at radius 1 is 1.50 bits per heavy atom. The van der Waals surface area contributed by atoms with E-state index in [1.807, 2.05) is 0 Å². The first-order chi connectivity index (χ1) is 6.77. The van der Waals surface area contributed by atoms with Gasteiger partial charge in [0.05, 0.1) is 19.3 Å². The lowest BCUT2D eigenvalue weighted by atomic mass is 10.2. The quantitative estimate of drug-likeness (QED) is 0.758. The summed E-state index contributed by atoms with van der Waals surface area (Å²) in [5.74, 6) is 6.40. The average Bonchev–Trinajstić information content (AvgIpc) is 2.19. The highest BCUT2D eigenvalue weighted by atomic mass is 35.5. The van der Waals surface area contributed by atoms with Crippen molar-refractivity contribution in [1.82, 2.24) is 0 Å². The summed E-state index contributed by atoms with van der Waals surface area (Å²) >= 11 is 5.81. The first-order valence-corrected chi connectivity index (χ1v) is 4.59. The number of halogens is 1. The molecule has 0 saturated heterocycles. The van der Waals surface area contributed by atoms with Crippen LogP contribution >= 0.6 is 11.6 Å². The van der Waals surface area contributed by atoms with Gasteiger partial charge in [0, 0.05) is 11.4 Å². The van der Waals surface area contributed by atoms with Crippen LogP contribution in [0.5, 0.6) is 5.75 Å².